The first-order valence-electron chi connectivity index (χ1n) is 9.29. The molecule has 1 fully saturated rings. The van der Waals surface area contributed by atoms with E-state index in [1.807, 2.05) is 12.1 Å². The van der Waals surface area contributed by atoms with Crippen LogP contribution in [0.1, 0.15) is 34.8 Å². The van der Waals surface area contributed by atoms with E-state index in [2.05, 4.69) is 53.5 Å². The van der Waals surface area contributed by atoms with Crippen LogP contribution < -0.4 is 5.32 Å². The van der Waals surface area contributed by atoms with Crippen molar-refractivity contribution in [2.24, 2.45) is 0 Å². The molecule has 1 saturated heterocycles. The number of carboxylic acids is 2. The number of carboxylic acid groups (broad SMARTS) is 2. The number of aliphatic carboxylic acids is 2. The van der Waals surface area contributed by atoms with Gasteiger partial charge in [0.1, 0.15) is 0 Å². The monoisotopic (exact) mass is 431 g/mol. The highest BCUT2D eigenvalue weighted by Crippen LogP contribution is 2.61. The van der Waals surface area contributed by atoms with Crippen LogP contribution in [0, 0.1) is 0 Å². The number of hydrogen-bond donors (Lipinski definition) is 3. The lowest BCUT2D eigenvalue weighted by molar-refractivity contribution is -0.134. The molecule has 29 heavy (non-hydrogen) atoms. The van der Waals surface area contributed by atoms with Crippen molar-refractivity contribution in [1.29, 1.82) is 0 Å². The van der Waals surface area contributed by atoms with Gasteiger partial charge in [0.2, 0.25) is 0 Å². The van der Waals surface area contributed by atoms with Crippen molar-refractivity contribution in [2.45, 2.75) is 22.8 Å². The van der Waals surface area contributed by atoms with Crippen LogP contribution in [0.5, 0.6) is 0 Å². The molecule has 0 radical (unpaired) electrons. The van der Waals surface area contributed by atoms with Crippen LogP contribution in [-0.2, 0) is 14.3 Å². The van der Waals surface area contributed by atoms with E-state index < -0.39 is 11.9 Å². The predicted molar refractivity (Wildman–Crippen MR) is 116 cm³/mol. The lowest BCUT2D eigenvalue weighted by atomic mass is 9.85. The number of piperidine rings is 1. The molecule has 152 valence electrons. The zero-order valence-electron chi connectivity index (χ0n) is 15.7. The summed E-state index contributed by atoms with van der Waals surface area (Å²) in [5, 5.41) is 20.4. The number of fused-ring (bicyclic) bond motifs is 2. The SMILES string of the molecule is Clc1ccccc1C1SC2(CCNCC2)c2ccccc21.O=C(O)/C=C\C(=O)O. The van der Waals surface area contributed by atoms with E-state index in [4.69, 9.17) is 21.8 Å². The van der Waals surface area contributed by atoms with Gasteiger partial charge < -0.3 is 15.5 Å². The summed E-state index contributed by atoms with van der Waals surface area (Å²) in [5.74, 6) is -2.51. The van der Waals surface area contributed by atoms with E-state index in [-0.39, 0.29) is 4.75 Å². The zero-order chi connectivity index (χ0) is 20.9. The molecule has 2 aromatic carbocycles. The summed E-state index contributed by atoms with van der Waals surface area (Å²) < 4.78 is 0.270. The minimum Gasteiger partial charge on any atom is -0.478 e. The Bertz CT molecular complexity index is 909. The molecular weight excluding hydrogens is 410 g/mol. The van der Waals surface area contributed by atoms with Gasteiger partial charge in [-0.25, -0.2) is 9.59 Å². The fraction of sp³-hybridized carbons (Fsp3) is 0.273. The highest BCUT2D eigenvalue weighted by atomic mass is 35.5. The number of rotatable bonds is 3. The number of benzene rings is 2. The van der Waals surface area contributed by atoms with E-state index in [9.17, 15) is 9.59 Å². The number of thioether (sulfide) groups is 1. The van der Waals surface area contributed by atoms with Crippen molar-refractivity contribution in [1.82, 2.24) is 5.32 Å². The molecular formula is C22H22ClNO4S. The summed E-state index contributed by atoms with van der Waals surface area (Å²) in [5.41, 5.74) is 4.24. The van der Waals surface area contributed by atoms with Gasteiger partial charge in [-0.3, -0.25) is 0 Å². The van der Waals surface area contributed by atoms with Crippen LogP contribution in [0.2, 0.25) is 5.02 Å². The first kappa shape index (κ1) is 21.4. The van der Waals surface area contributed by atoms with E-state index in [1.165, 1.54) is 29.5 Å². The van der Waals surface area contributed by atoms with Crippen molar-refractivity contribution in [3.8, 4) is 0 Å². The highest BCUT2D eigenvalue weighted by Gasteiger charge is 2.45. The van der Waals surface area contributed by atoms with Crippen LogP contribution in [0.3, 0.4) is 0 Å². The Morgan fingerprint density at radius 2 is 1.52 bits per heavy atom. The molecule has 0 aromatic heterocycles. The van der Waals surface area contributed by atoms with Crippen LogP contribution >= 0.6 is 23.4 Å². The predicted octanol–water partition coefficient (Wildman–Crippen LogP) is 4.47. The summed E-state index contributed by atoms with van der Waals surface area (Å²) in [4.78, 5) is 19.1. The van der Waals surface area contributed by atoms with E-state index in [0.717, 1.165) is 18.1 Å². The second kappa shape index (κ2) is 9.48. The molecule has 0 saturated carbocycles. The van der Waals surface area contributed by atoms with Gasteiger partial charge >= 0.3 is 11.9 Å². The molecule has 7 heteroatoms. The lowest BCUT2D eigenvalue weighted by Gasteiger charge is -2.34. The Labute approximate surface area is 178 Å². The summed E-state index contributed by atoms with van der Waals surface area (Å²) >= 11 is 8.58. The summed E-state index contributed by atoms with van der Waals surface area (Å²) in [6, 6.07) is 17.2. The molecule has 2 aliphatic heterocycles. The molecule has 2 aromatic rings. The van der Waals surface area contributed by atoms with Crippen molar-refractivity contribution in [3.05, 3.63) is 82.4 Å². The van der Waals surface area contributed by atoms with E-state index in [0.29, 0.717) is 17.4 Å². The average molecular weight is 432 g/mol. The maximum atomic E-state index is 9.55. The third kappa shape index (κ3) is 5.01. The maximum Gasteiger partial charge on any atom is 0.328 e. The summed E-state index contributed by atoms with van der Waals surface area (Å²) in [6.07, 6.45) is 3.52. The minimum atomic E-state index is -1.26. The van der Waals surface area contributed by atoms with Gasteiger partial charge in [-0.15, -0.1) is 11.8 Å². The van der Waals surface area contributed by atoms with Gasteiger partial charge in [-0.1, -0.05) is 54.1 Å². The Kier molecular flexibility index (Phi) is 7.00. The summed E-state index contributed by atoms with van der Waals surface area (Å²) in [7, 11) is 0. The molecule has 5 nitrogen and oxygen atoms in total. The number of hydrogen-bond acceptors (Lipinski definition) is 4. The first-order valence-corrected chi connectivity index (χ1v) is 10.5. The number of carbonyl (C=O) groups is 2. The number of nitrogens with one attached hydrogen (secondary N) is 1. The van der Waals surface area contributed by atoms with Gasteiger partial charge in [-0.05, 0) is 48.7 Å². The fourth-order valence-electron chi connectivity index (χ4n) is 3.77. The quantitative estimate of drug-likeness (QED) is 0.622. The highest BCUT2D eigenvalue weighted by molar-refractivity contribution is 8.01. The third-order valence-corrected chi connectivity index (χ3v) is 7.21. The molecule has 0 aliphatic carbocycles. The van der Waals surface area contributed by atoms with Gasteiger partial charge in [0.15, 0.2) is 0 Å². The van der Waals surface area contributed by atoms with Gasteiger partial charge in [0.05, 0.1) is 5.25 Å². The maximum absolute atomic E-state index is 9.55. The second-order valence-electron chi connectivity index (χ2n) is 6.86. The van der Waals surface area contributed by atoms with E-state index >= 15 is 0 Å². The van der Waals surface area contributed by atoms with Crippen LogP contribution in [0.15, 0.2) is 60.7 Å². The molecule has 1 spiro atoms. The Morgan fingerprint density at radius 3 is 2.10 bits per heavy atom. The number of halogens is 1. The lowest BCUT2D eigenvalue weighted by Crippen LogP contribution is -2.36. The minimum absolute atomic E-state index is 0.270. The van der Waals surface area contributed by atoms with Crippen molar-refractivity contribution in [2.75, 3.05) is 13.1 Å². The van der Waals surface area contributed by atoms with Crippen LogP contribution in [0.25, 0.3) is 0 Å². The first-order chi connectivity index (χ1) is 13.9. The largest absolute Gasteiger partial charge is 0.478 e. The summed E-state index contributed by atoms with van der Waals surface area (Å²) in [6.45, 7) is 2.22. The molecule has 1 atom stereocenters. The van der Waals surface area contributed by atoms with Crippen molar-refractivity contribution >= 4 is 35.3 Å². The molecule has 4 rings (SSSR count). The molecule has 2 heterocycles. The van der Waals surface area contributed by atoms with Crippen molar-refractivity contribution in [3.63, 3.8) is 0 Å². The molecule has 3 N–H and O–H groups in total. The molecule has 0 bridgehead atoms. The average Bonchev–Trinajstić information content (AvgIpc) is 3.02. The molecule has 1 unspecified atom stereocenters. The van der Waals surface area contributed by atoms with Crippen LogP contribution in [0.4, 0.5) is 0 Å². The standard InChI is InChI=1S/C18H18ClNS.C4H4O4/c19-16-8-4-2-6-14(16)17-13-5-1-3-7-15(13)18(21-17)9-11-20-12-10-18;5-3(6)1-2-4(7)8/h1-8,17,20H,9-12H2;1-2H,(H,5,6)(H,7,8)/b;2-1-. The normalized spacial score (nSPS) is 19.4. The van der Waals surface area contributed by atoms with E-state index in [1.54, 1.807) is 0 Å². The van der Waals surface area contributed by atoms with Gasteiger partial charge in [-0.2, -0.15) is 0 Å². The van der Waals surface area contributed by atoms with Crippen LogP contribution in [-0.4, -0.2) is 35.2 Å². The van der Waals surface area contributed by atoms with Gasteiger partial charge in [0.25, 0.3) is 0 Å². The topological polar surface area (TPSA) is 86.6 Å². The molecule has 0 amide bonds. The Hall–Kier alpha value is -2.28. The third-order valence-electron chi connectivity index (χ3n) is 5.04. The van der Waals surface area contributed by atoms with Crippen molar-refractivity contribution < 1.29 is 19.8 Å². The fourth-order valence-corrected chi connectivity index (χ4v) is 5.95. The second-order valence-corrected chi connectivity index (χ2v) is 8.76. The Morgan fingerprint density at radius 1 is 0.966 bits per heavy atom. The zero-order valence-corrected chi connectivity index (χ0v) is 17.2. The Balaban J connectivity index is 0.000000258. The molecule has 2 aliphatic rings. The van der Waals surface area contributed by atoms with Gasteiger partial charge in [0, 0.05) is 21.9 Å². The smallest absolute Gasteiger partial charge is 0.328 e.